The molecule has 38 heavy (non-hydrogen) atoms. The van der Waals surface area contributed by atoms with Crippen molar-refractivity contribution < 1.29 is 14.7 Å². The molecule has 0 amide bonds. The second-order valence-electron chi connectivity index (χ2n) is 10.6. The Bertz CT molecular complexity index is 1350. The van der Waals surface area contributed by atoms with Crippen LogP contribution < -0.4 is 0 Å². The maximum Gasteiger partial charge on any atom is 0.372 e. The maximum atomic E-state index is 11.2. The summed E-state index contributed by atoms with van der Waals surface area (Å²) in [5.41, 5.74) is 3.98. The number of ketones is 1. The van der Waals surface area contributed by atoms with Gasteiger partial charge in [0.15, 0.2) is 0 Å². The molecule has 3 heteroatoms. The van der Waals surface area contributed by atoms with Crippen LogP contribution in [0.2, 0.25) is 0 Å². The van der Waals surface area contributed by atoms with Gasteiger partial charge in [0.2, 0.25) is 5.78 Å². The van der Waals surface area contributed by atoms with Crippen molar-refractivity contribution in [1.82, 2.24) is 0 Å². The smallest absolute Gasteiger partial charge is 0.372 e. The zero-order chi connectivity index (χ0) is 26.7. The molecule has 198 valence electrons. The van der Waals surface area contributed by atoms with E-state index in [0.717, 1.165) is 25.7 Å². The minimum Gasteiger partial charge on any atom is -0.476 e. The number of carbonyl (C=O) groups excluding carboxylic acids is 1. The number of carboxylic acid groups (broad SMARTS) is 1. The highest BCUT2D eigenvalue weighted by atomic mass is 16.4. The van der Waals surface area contributed by atoms with Crippen molar-refractivity contribution in [1.29, 1.82) is 0 Å². The lowest BCUT2D eigenvalue weighted by atomic mass is 9.88. The summed E-state index contributed by atoms with van der Waals surface area (Å²) in [6, 6.07) is 28.9. The Morgan fingerprint density at radius 1 is 0.711 bits per heavy atom. The molecule has 0 saturated heterocycles. The molecule has 1 atom stereocenters. The number of benzene rings is 4. The van der Waals surface area contributed by atoms with E-state index in [1.165, 1.54) is 70.3 Å². The van der Waals surface area contributed by atoms with Gasteiger partial charge >= 0.3 is 5.97 Å². The third-order valence-electron chi connectivity index (χ3n) is 7.76. The van der Waals surface area contributed by atoms with Crippen molar-refractivity contribution in [3.8, 4) is 11.1 Å². The van der Waals surface area contributed by atoms with E-state index in [0.29, 0.717) is 12.3 Å². The van der Waals surface area contributed by atoms with Gasteiger partial charge in [-0.15, -0.1) is 0 Å². The van der Waals surface area contributed by atoms with Gasteiger partial charge in [0.1, 0.15) is 0 Å². The van der Waals surface area contributed by atoms with Crippen molar-refractivity contribution in [3.63, 3.8) is 0 Å². The van der Waals surface area contributed by atoms with Crippen LogP contribution in [0.5, 0.6) is 0 Å². The molecule has 3 nitrogen and oxygen atoms in total. The number of Topliss-reactive ketones (excluding diaryl/α,β-unsaturated/α-hetero) is 1. The fourth-order valence-electron chi connectivity index (χ4n) is 5.74. The topological polar surface area (TPSA) is 54.4 Å². The molecule has 0 aliphatic heterocycles. The summed E-state index contributed by atoms with van der Waals surface area (Å²) >= 11 is 0. The van der Waals surface area contributed by atoms with Crippen LogP contribution in [0.25, 0.3) is 32.7 Å². The number of aliphatic carboxylic acids is 1. The molecule has 4 aromatic rings. The van der Waals surface area contributed by atoms with E-state index in [4.69, 9.17) is 5.11 Å². The number of carbonyl (C=O) groups is 2. The first-order valence-corrected chi connectivity index (χ1v) is 14.3. The largest absolute Gasteiger partial charge is 0.476 e. The van der Waals surface area contributed by atoms with Gasteiger partial charge < -0.3 is 5.11 Å². The van der Waals surface area contributed by atoms with Crippen molar-refractivity contribution in [3.05, 3.63) is 84.4 Å². The van der Waals surface area contributed by atoms with Gasteiger partial charge in [0.05, 0.1) is 0 Å². The summed E-state index contributed by atoms with van der Waals surface area (Å²) in [4.78, 5) is 21.7. The van der Waals surface area contributed by atoms with E-state index in [1.807, 2.05) is 0 Å². The SMILES string of the molecule is CCCC(CCCCCCCCC(=O)C(=O)O)Cc1ccc(-c2cc3ccccc3c3ccccc23)cc1. The summed E-state index contributed by atoms with van der Waals surface area (Å²) in [5.74, 6) is -1.25. The minimum atomic E-state index is -1.30. The number of hydrogen-bond donors (Lipinski definition) is 1. The quantitative estimate of drug-likeness (QED) is 0.0988. The predicted octanol–water partition coefficient (Wildman–Crippen LogP) is 9.39. The van der Waals surface area contributed by atoms with Crippen LogP contribution in [0.1, 0.15) is 76.7 Å². The molecule has 0 saturated carbocycles. The highest BCUT2D eigenvalue weighted by Crippen LogP contribution is 2.35. The Kier molecular flexibility index (Phi) is 10.1. The molecule has 0 heterocycles. The van der Waals surface area contributed by atoms with Crippen molar-refractivity contribution in [2.45, 2.75) is 77.6 Å². The van der Waals surface area contributed by atoms with Crippen LogP contribution in [-0.4, -0.2) is 16.9 Å². The summed E-state index contributed by atoms with van der Waals surface area (Å²) in [7, 11) is 0. The van der Waals surface area contributed by atoms with E-state index in [-0.39, 0.29) is 6.42 Å². The highest BCUT2D eigenvalue weighted by molar-refractivity contribution is 6.32. The fourth-order valence-corrected chi connectivity index (χ4v) is 5.74. The van der Waals surface area contributed by atoms with Crippen LogP contribution >= 0.6 is 0 Å². The maximum absolute atomic E-state index is 11.2. The van der Waals surface area contributed by atoms with Crippen LogP contribution in [0.4, 0.5) is 0 Å². The standard InChI is InChI=1S/C35H40O3/c1-2-13-26(14-7-5-3-4-6-8-19-34(36)35(37)38)24-27-20-22-28(23-21-27)33-25-29-15-9-10-16-30(29)31-17-11-12-18-32(31)33/h9-12,15-18,20-23,25-26H,2-8,13-14,19,24H2,1H3,(H,37,38). The zero-order valence-corrected chi connectivity index (χ0v) is 22.6. The van der Waals surface area contributed by atoms with Gasteiger partial charge in [-0.05, 0) is 63.1 Å². The van der Waals surface area contributed by atoms with Gasteiger partial charge in [-0.3, -0.25) is 4.79 Å². The molecule has 0 fully saturated rings. The third kappa shape index (κ3) is 7.31. The summed E-state index contributed by atoms with van der Waals surface area (Å²) in [6.07, 6.45) is 11.3. The first-order chi connectivity index (χ1) is 18.6. The molecule has 4 rings (SSSR count). The van der Waals surface area contributed by atoms with E-state index >= 15 is 0 Å². The normalized spacial score (nSPS) is 12.1. The molecule has 4 aromatic carbocycles. The van der Waals surface area contributed by atoms with Gasteiger partial charge in [-0.2, -0.15) is 0 Å². The van der Waals surface area contributed by atoms with Gasteiger partial charge in [-0.1, -0.05) is 131 Å². The van der Waals surface area contributed by atoms with Crippen molar-refractivity contribution >= 4 is 33.3 Å². The number of carboxylic acids is 1. The van der Waals surface area contributed by atoms with Gasteiger partial charge in [0.25, 0.3) is 0 Å². The number of hydrogen-bond acceptors (Lipinski definition) is 2. The summed E-state index contributed by atoms with van der Waals surface area (Å²) < 4.78 is 0. The first kappa shape index (κ1) is 27.6. The summed E-state index contributed by atoms with van der Waals surface area (Å²) in [6.45, 7) is 2.28. The van der Waals surface area contributed by atoms with E-state index in [2.05, 4.69) is 85.8 Å². The second kappa shape index (κ2) is 13.9. The van der Waals surface area contributed by atoms with Gasteiger partial charge in [0, 0.05) is 6.42 Å². The minimum absolute atomic E-state index is 0.170. The van der Waals surface area contributed by atoms with Crippen molar-refractivity contribution in [2.75, 3.05) is 0 Å². The van der Waals surface area contributed by atoms with Crippen molar-refractivity contribution in [2.24, 2.45) is 5.92 Å². The molecule has 1 N–H and O–H groups in total. The zero-order valence-electron chi connectivity index (χ0n) is 22.6. The van der Waals surface area contributed by atoms with Crippen LogP contribution in [0.3, 0.4) is 0 Å². The predicted molar refractivity (Wildman–Crippen MR) is 159 cm³/mol. The molecular weight excluding hydrogens is 468 g/mol. The molecular formula is C35H40O3. The van der Waals surface area contributed by atoms with E-state index < -0.39 is 11.8 Å². The second-order valence-corrected chi connectivity index (χ2v) is 10.6. The average Bonchev–Trinajstić information content (AvgIpc) is 2.94. The van der Waals surface area contributed by atoms with Crippen LogP contribution in [0.15, 0.2) is 78.9 Å². The van der Waals surface area contributed by atoms with Gasteiger partial charge in [-0.25, -0.2) is 4.79 Å². The number of unbranched alkanes of at least 4 members (excludes halogenated alkanes) is 5. The Morgan fingerprint density at radius 2 is 1.34 bits per heavy atom. The molecule has 0 spiro atoms. The first-order valence-electron chi connectivity index (χ1n) is 14.3. The number of rotatable bonds is 15. The molecule has 0 aromatic heterocycles. The van der Waals surface area contributed by atoms with E-state index in [9.17, 15) is 9.59 Å². The van der Waals surface area contributed by atoms with Crippen LogP contribution in [0, 0.1) is 5.92 Å². The lowest BCUT2D eigenvalue weighted by molar-refractivity contribution is -0.149. The molecule has 0 radical (unpaired) electrons. The highest BCUT2D eigenvalue weighted by Gasteiger charge is 2.12. The Balaban J connectivity index is 1.32. The Hall–Kier alpha value is -3.46. The Labute approximate surface area is 226 Å². The third-order valence-corrected chi connectivity index (χ3v) is 7.76. The average molecular weight is 509 g/mol. The van der Waals surface area contributed by atoms with E-state index in [1.54, 1.807) is 0 Å². The molecule has 0 bridgehead atoms. The fraction of sp³-hybridized carbons (Fsp3) is 0.371. The molecule has 0 aliphatic rings. The summed E-state index contributed by atoms with van der Waals surface area (Å²) in [5, 5.41) is 13.8. The Morgan fingerprint density at radius 3 is 2.05 bits per heavy atom. The lowest BCUT2D eigenvalue weighted by Gasteiger charge is -2.17. The van der Waals surface area contributed by atoms with Crippen LogP contribution in [-0.2, 0) is 16.0 Å². The molecule has 0 aliphatic carbocycles. The number of fused-ring (bicyclic) bond motifs is 3. The monoisotopic (exact) mass is 508 g/mol. The lowest BCUT2D eigenvalue weighted by Crippen LogP contribution is -2.11. The molecule has 1 unspecified atom stereocenters.